The molecule has 1 aliphatic heterocycles. The monoisotopic (exact) mass is 548 g/mol. The van der Waals surface area contributed by atoms with Crippen molar-refractivity contribution in [2.45, 2.75) is 72.5 Å². The van der Waals surface area contributed by atoms with Crippen LogP contribution in [-0.2, 0) is 27.3 Å². The van der Waals surface area contributed by atoms with Crippen molar-refractivity contribution in [3.63, 3.8) is 0 Å². The van der Waals surface area contributed by atoms with Crippen LogP contribution in [-0.4, -0.2) is 46.7 Å². The van der Waals surface area contributed by atoms with E-state index in [4.69, 9.17) is 0 Å². The number of likely N-dealkylation sites (tertiary alicyclic amines) is 1. The van der Waals surface area contributed by atoms with E-state index < -0.39 is 6.04 Å². The Balaban J connectivity index is 0.000000230. The minimum absolute atomic E-state index is 0.0453. The number of aromatic nitrogens is 1. The van der Waals surface area contributed by atoms with Crippen LogP contribution in [0.4, 0.5) is 0 Å². The van der Waals surface area contributed by atoms with Crippen molar-refractivity contribution in [2.75, 3.05) is 6.54 Å². The van der Waals surface area contributed by atoms with Crippen molar-refractivity contribution >= 4 is 29.6 Å². The van der Waals surface area contributed by atoms with Crippen molar-refractivity contribution in [3.05, 3.63) is 76.9 Å². The molecule has 1 aliphatic rings. The third-order valence-electron chi connectivity index (χ3n) is 6.81. The minimum Gasteiger partial charge on any atom is -0.355 e. The fourth-order valence-electron chi connectivity index (χ4n) is 4.58. The second-order valence-electron chi connectivity index (χ2n) is 11.0. The molecule has 0 radical (unpaired) electrons. The number of nitrogens with zero attached hydrogens (tertiary/aromatic N) is 2. The lowest BCUT2D eigenvalue weighted by Gasteiger charge is -2.35. The highest BCUT2D eigenvalue weighted by atomic mass is 32.1. The zero-order chi connectivity index (χ0) is 28.4. The average Bonchev–Trinajstić information content (AvgIpc) is 3.54. The van der Waals surface area contributed by atoms with Gasteiger partial charge in [0, 0.05) is 19.1 Å². The lowest BCUT2D eigenvalue weighted by molar-refractivity contribution is -0.139. The van der Waals surface area contributed by atoms with Crippen molar-refractivity contribution < 1.29 is 14.4 Å². The standard InChI is InChI=1S/C19H28N2O2.C12H12N2OS/c1-14-9-8-12-21(14)18(23)17(19(2,3)4)20-16(22)13-15-10-6-5-7-11-15;1-9-12(16-8-14-9)11-4-2-10(3-5-11)6-13-7-15/h5-7,10-11,14,17H,8-9,12-13H2,1-4H3,(H,20,22);2-5,7-8H,6H2,1H3,(H,13,15). The maximum absolute atomic E-state index is 12.9. The Kier molecular flexibility index (Phi) is 10.8. The molecule has 2 N–H and O–H groups in total. The largest absolute Gasteiger partial charge is 0.355 e. The third-order valence-corrected chi connectivity index (χ3v) is 7.79. The van der Waals surface area contributed by atoms with Gasteiger partial charge in [0.2, 0.25) is 18.2 Å². The molecule has 3 amide bonds. The van der Waals surface area contributed by atoms with Crippen LogP contribution in [0.2, 0.25) is 0 Å². The minimum atomic E-state index is -0.487. The van der Waals surface area contributed by atoms with Gasteiger partial charge in [0.25, 0.3) is 0 Å². The number of hydrogen-bond donors (Lipinski definition) is 2. The van der Waals surface area contributed by atoms with Gasteiger partial charge in [-0.1, -0.05) is 75.4 Å². The van der Waals surface area contributed by atoms with Crippen LogP contribution < -0.4 is 10.6 Å². The average molecular weight is 549 g/mol. The lowest BCUT2D eigenvalue weighted by atomic mass is 9.85. The highest BCUT2D eigenvalue weighted by molar-refractivity contribution is 7.13. The van der Waals surface area contributed by atoms with E-state index in [0.717, 1.165) is 36.2 Å². The summed E-state index contributed by atoms with van der Waals surface area (Å²) in [6.45, 7) is 11.5. The smallest absolute Gasteiger partial charge is 0.245 e. The molecule has 39 heavy (non-hydrogen) atoms. The van der Waals surface area contributed by atoms with Gasteiger partial charge in [-0.25, -0.2) is 4.98 Å². The molecule has 8 heteroatoms. The van der Waals surface area contributed by atoms with Gasteiger partial charge in [-0.3, -0.25) is 14.4 Å². The van der Waals surface area contributed by atoms with E-state index in [1.807, 2.05) is 80.6 Å². The number of rotatable bonds is 8. The van der Waals surface area contributed by atoms with Gasteiger partial charge in [0.1, 0.15) is 6.04 Å². The first-order valence-electron chi connectivity index (χ1n) is 13.4. The number of carbonyl (C=O) groups is 3. The molecule has 2 atom stereocenters. The molecule has 0 saturated carbocycles. The van der Waals surface area contributed by atoms with Crippen LogP contribution in [0, 0.1) is 12.3 Å². The van der Waals surface area contributed by atoms with Gasteiger partial charge in [-0.05, 0) is 48.8 Å². The van der Waals surface area contributed by atoms with Crippen molar-refractivity contribution in [1.29, 1.82) is 0 Å². The highest BCUT2D eigenvalue weighted by Gasteiger charge is 2.38. The summed E-state index contributed by atoms with van der Waals surface area (Å²) in [5, 5.41) is 5.61. The molecule has 0 aliphatic carbocycles. The highest BCUT2D eigenvalue weighted by Crippen LogP contribution is 2.27. The second kappa shape index (κ2) is 14.0. The maximum Gasteiger partial charge on any atom is 0.245 e. The van der Waals surface area contributed by atoms with E-state index >= 15 is 0 Å². The normalized spacial score (nSPS) is 15.6. The summed E-state index contributed by atoms with van der Waals surface area (Å²) in [6.07, 6.45) is 3.10. The van der Waals surface area contributed by atoms with Crippen LogP contribution in [0.15, 0.2) is 60.1 Å². The lowest BCUT2D eigenvalue weighted by Crippen LogP contribution is -2.55. The van der Waals surface area contributed by atoms with Crippen molar-refractivity contribution in [1.82, 2.24) is 20.5 Å². The zero-order valence-corrected chi connectivity index (χ0v) is 24.4. The first-order chi connectivity index (χ1) is 18.6. The summed E-state index contributed by atoms with van der Waals surface area (Å²) in [5.41, 5.74) is 5.83. The quantitative estimate of drug-likeness (QED) is 0.382. The van der Waals surface area contributed by atoms with E-state index in [0.29, 0.717) is 19.4 Å². The SMILES string of the molecule is CC1CCCN1C(=O)C(NC(=O)Cc1ccccc1)C(C)(C)C.Cc1ncsc1-c1ccc(CNC=O)cc1. The molecule has 208 valence electrons. The molecular formula is C31H40N4O3S. The molecule has 1 fully saturated rings. The van der Waals surface area contributed by atoms with Crippen molar-refractivity contribution in [3.8, 4) is 10.4 Å². The van der Waals surface area contributed by atoms with Crippen LogP contribution in [0.3, 0.4) is 0 Å². The number of benzene rings is 2. The topological polar surface area (TPSA) is 91.4 Å². The molecule has 2 aromatic carbocycles. The van der Waals surface area contributed by atoms with Gasteiger partial charge in [0.15, 0.2) is 0 Å². The molecule has 2 unspecified atom stereocenters. The first-order valence-corrected chi connectivity index (χ1v) is 14.3. The summed E-state index contributed by atoms with van der Waals surface area (Å²) < 4.78 is 0. The Labute approximate surface area is 236 Å². The molecule has 7 nitrogen and oxygen atoms in total. The summed E-state index contributed by atoms with van der Waals surface area (Å²) in [7, 11) is 0. The zero-order valence-electron chi connectivity index (χ0n) is 23.6. The summed E-state index contributed by atoms with van der Waals surface area (Å²) >= 11 is 1.64. The second-order valence-corrected chi connectivity index (χ2v) is 11.9. The van der Waals surface area contributed by atoms with Crippen molar-refractivity contribution in [2.24, 2.45) is 5.41 Å². The van der Waals surface area contributed by atoms with E-state index in [9.17, 15) is 14.4 Å². The molecule has 3 aromatic rings. The van der Waals surface area contributed by atoms with Gasteiger partial charge in [-0.2, -0.15) is 0 Å². The number of thiazole rings is 1. The molecule has 0 spiro atoms. The summed E-state index contributed by atoms with van der Waals surface area (Å²) in [6, 6.07) is 17.5. The Bertz CT molecular complexity index is 1220. The summed E-state index contributed by atoms with van der Waals surface area (Å²) in [5.74, 6) is -0.0553. The predicted octanol–water partition coefficient (Wildman–Crippen LogP) is 5.14. The summed E-state index contributed by atoms with van der Waals surface area (Å²) in [4.78, 5) is 42.8. The van der Waals surface area contributed by atoms with E-state index in [1.165, 1.54) is 10.4 Å². The van der Waals surface area contributed by atoms with Crippen LogP contribution in [0.1, 0.15) is 57.4 Å². The number of amides is 3. The fraction of sp³-hybridized carbons (Fsp3) is 0.419. The first kappa shape index (κ1) is 30.0. The van der Waals surface area contributed by atoms with Gasteiger partial charge >= 0.3 is 0 Å². The fourth-order valence-corrected chi connectivity index (χ4v) is 5.39. The van der Waals surface area contributed by atoms with E-state index in [-0.39, 0.29) is 23.3 Å². The predicted molar refractivity (Wildman–Crippen MR) is 157 cm³/mol. The molecule has 0 bridgehead atoms. The molecule has 4 rings (SSSR count). The van der Waals surface area contributed by atoms with Crippen LogP contribution >= 0.6 is 11.3 Å². The third kappa shape index (κ3) is 8.75. The van der Waals surface area contributed by atoms with Gasteiger partial charge < -0.3 is 15.5 Å². The molecule has 1 aromatic heterocycles. The number of aryl methyl sites for hydroxylation is 1. The number of nitrogens with one attached hydrogen (secondary N) is 2. The van der Waals surface area contributed by atoms with Crippen LogP contribution in [0.25, 0.3) is 10.4 Å². The Morgan fingerprint density at radius 2 is 1.79 bits per heavy atom. The molecule has 1 saturated heterocycles. The Hall–Kier alpha value is -3.52. The van der Waals surface area contributed by atoms with Crippen LogP contribution in [0.5, 0.6) is 0 Å². The maximum atomic E-state index is 12.9. The molecular weight excluding hydrogens is 508 g/mol. The van der Waals surface area contributed by atoms with E-state index in [1.54, 1.807) is 11.3 Å². The Morgan fingerprint density at radius 1 is 1.10 bits per heavy atom. The number of hydrogen-bond acceptors (Lipinski definition) is 5. The Morgan fingerprint density at radius 3 is 2.33 bits per heavy atom. The van der Waals surface area contributed by atoms with Gasteiger partial charge in [-0.15, -0.1) is 11.3 Å². The molecule has 2 heterocycles. The van der Waals surface area contributed by atoms with Gasteiger partial charge in [0.05, 0.1) is 22.5 Å². The van der Waals surface area contributed by atoms with E-state index in [2.05, 4.69) is 34.7 Å². The number of carbonyl (C=O) groups excluding carboxylic acids is 3.